The molecule has 0 saturated heterocycles. The van der Waals surface area contributed by atoms with E-state index in [4.69, 9.17) is 0 Å². The number of hydrogen-bond donors (Lipinski definition) is 2. The number of nitrogens with one attached hydrogen (secondary N) is 1. The fourth-order valence-corrected chi connectivity index (χ4v) is 2.88. The van der Waals surface area contributed by atoms with Crippen molar-refractivity contribution in [3.63, 3.8) is 0 Å². The van der Waals surface area contributed by atoms with Gasteiger partial charge in [-0.2, -0.15) is 5.10 Å². The number of benzene rings is 1. The third-order valence-corrected chi connectivity index (χ3v) is 4.59. The van der Waals surface area contributed by atoms with Crippen molar-refractivity contribution >= 4 is 11.9 Å². The van der Waals surface area contributed by atoms with Gasteiger partial charge in [0.1, 0.15) is 5.41 Å². The largest absolute Gasteiger partial charge is 0.480 e. The number of aromatic nitrogens is 2. The number of rotatable bonds is 5. The number of aliphatic carboxylic acids is 1. The monoisotopic (exact) mass is 327 g/mol. The van der Waals surface area contributed by atoms with E-state index in [1.165, 1.54) is 0 Å². The third kappa shape index (κ3) is 2.79. The van der Waals surface area contributed by atoms with Crippen molar-refractivity contribution in [2.24, 2.45) is 5.41 Å². The van der Waals surface area contributed by atoms with Gasteiger partial charge in [-0.05, 0) is 57.4 Å². The van der Waals surface area contributed by atoms with Crippen LogP contribution in [0.1, 0.15) is 42.8 Å². The molecule has 24 heavy (non-hydrogen) atoms. The second-order valence-corrected chi connectivity index (χ2v) is 6.51. The van der Waals surface area contributed by atoms with Gasteiger partial charge >= 0.3 is 5.97 Å². The molecule has 1 saturated carbocycles. The molecule has 1 aliphatic rings. The Hall–Kier alpha value is -2.63. The van der Waals surface area contributed by atoms with E-state index in [9.17, 15) is 14.7 Å². The van der Waals surface area contributed by atoms with Crippen molar-refractivity contribution in [1.82, 2.24) is 15.1 Å². The van der Waals surface area contributed by atoms with E-state index in [1.807, 2.05) is 55.8 Å². The SMILES string of the molecule is Cc1cc(C)n(-c2ccc([C@H](C)NC(=O)C3(C(=O)O)CC3)cc2)n1. The van der Waals surface area contributed by atoms with Gasteiger partial charge in [-0.3, -0.25) is 9.59 Å². The van der Waals surface area contributed by atoms with Crippen molar-refractivity contribution < 1.29 is 14.7 Å². The summed E-state index contributed by atoms with van der Waals surface area (Å²) >= 11 is 0. The highest BCUT2D eigenvalue weighted by Gasteiger charge is 2.57. The molecular weight excluding hydrogens is 306 g/mol. The molecule has 0 unspecified atom stereocenters. The average molecular weight is 327 g/mol. The average Bonchev–Trinajstić information content (AvgIpc) is 3.28. The number of hydrogen-bond acceptors (Lipinski definition) is 3. The zero-order chi connectivity index (χ0) is 17.5. The first-order valence-electron chi connectivity index (χ1n) is 8.01. The van der Waals surface area contributed by atoms with Crippen molar-refractivity contribution in [3.05, 3.63) is 47.3 Å². The Labute approximate surface area is 140 Å². The first-order valence-corrected chi connectivity index (χ1v) is 8.01. The van der Waals surface area contributed by atoms with Gasteiger partial charge in [-0.25, -0.2) is 4.68 Å². The number of carboxylic acid groups (broad SMARTS) is 1. The predicted molar refractivity (Wildman–Crippen MR) is 88.9 cm³/mol. The maximum Gasteiger partial charge on any atom is 0.319 e. The zero-order valence-corrected chi connectivity index (χ0v) is 14.0. The Balaban J connectivity index is 1.72. The minimum absolute atomic E-state index is 0.246. The molecule has 2 N–H and O–H groups in total. The summed E-state index contributed by atoms with van der Waals surface area (Å²) < 4.78 is 1.87. The van der Waals surface area contributed by atoms with Crippen LogP contribution in [0, 0.1) is 19.3 Å². The fraction of sp³-hybridized carbons (Fsp3) is 0.389. The molecule has 0 spiro atoms. The lowest BCUT2D eigenvalue weighted by Crippen LogP contribution is -2.38. The van der Waals surface area contributed by atoms with Crippen LogP contribution in [0.4, 0.5) is 0 Å². The molecule has 1 heterocycles. The van der Waals surface area contributed by atoms with Crippen molar-refractivity contribution in [1.29, 1.82) is 0 Å². The number of amides is 1. The van der Waals surface area contributed by atoms with E-state index in [0.717, 1.165) is 22.6 Å². The fourth-order valence-electron chi connectivity index (χ4n) is 2.88. The molecule has 1 aliphatic carbocycles. The molecule has 0 aliphatic heterocycles. The molecule has 126 valence electrons. The molecule has 1 aromatic carbocycles. The summed E-state index contributed by atoms with van der Waals surface area (Å²) in [6.45, 7) is 5.80. The van der Waals surface area contributed by atoms with Crippen LogP contribution in [0.15, 0.2) is 30.3 Å². The number of aryl methyl sites for hydroxylation is 2. The van der Waals surface area contributed by atoms with E-state index in [-0.39, 0.29) is 6.04 Å². The van der Waals surface area contributed by atoms with Crippen LogP contribution in [0.25, 0.3) is 5.69 Å². The van der Waals surface area contributed by atoms with Crippen molar-refractivity contribution in [2.45, 2.75) is 39.7 Å². The first kappa shape index (κ1) is 16.2. The molecule has 3 rings (SSSR count). The number of nitrogens with zero attached hydrogens (tertiary/aromatic N) is 2. The molecule has 6 heteroatoms. The van der Waals surface area contributed by atoms with Crippen LogP contribution < -0.4 is 5.32 Å². The van der Waals surface area contributed by atoms with Crippen LogP contribution in [0.5, 0.6) is 0 Å². The Morgan fingerprint density at radius 2 is 1.88 bits per heavy atom. The first-order chi connectivity index (χ1) is 11.3. The Kier molecular flexibility index (Phi) is 3.91. The maximum atomic E-state index is 12.2. The summed E-state index contributed by atoms with van der Waals surface area (Å²) in [6.07, 6.45) is 0.829. The lowest BCUT2D eigenvalue weighted by molar-refractivity contribution is -0.149. The maximum absolute atomic E-state index is 12.2. The normalized spacial score (nSPS) is 16.5. The Morgan fingerprint density at radius 3 is 2.33 bits per heavy atom. The van der Waals surface area contributed by atoms with E-state index < -0.39 is 17.3 Å². The van der Waals surface area contributed by atoms with Gasteiger partial charge in [0, 0.05) is 5.69 Å². The zero-order valence-electron chi connectivity index (χ0n) is 14.0. The molecule has 6 nitrogen and oxygen atoms in total. The summed E-state index contributed by atoms with van der Waals surface area (Å²) in [5, 5.41) is 16.4. The minimum Gasteiger partial charge on any atom is -0.480 e. The van der Waals surface area contributed by atoms with Gasteiger partial charge in [0.15, 0.2) is 0 Å². The highest BCUT2D eigenvalue weighted by atomic mass is 16.4. The number of carboxylic acids is 1. The molecule has 0 bridgehead atoms. The number of carbonyl (C=O) groups is 2. The van der Waals surface area contributed by atoms with E-state index >= 15 is 0 Å². The third-order valence-electron chi connectivity index (χ3n) is 4.59. The lowest BCUT2D eigenvalue weighted by Gasteiger charge is -2.18. The van der Waals surface area contributed by atoms with Gasteiger partial charge in [0.2, 0.25) is 5.91 Å². The smallest absolute Gasteiger partial charge is 0.319 e. The van der Waals surface area contributed by atoms with E-state index in [1.54, 1.807) is 0 Å². The van der Waals surface area contributed by atoms with Crippen molar-refractivity contribution in [3.8, 4) is 5.69 Å². The van der Waals surface area contributed by atoms with Gasteiger partial charge in [0.25, 0.3) is 0 Å². The lowest BCUT2D eigenvalue weighted by atomic mass is 10.0. The minimum atomic E-state index is -1.21. The van der Waals surface area contributed by atoms with Gasteiger partial charge in [-0.1, -0.05) is 12.1 Å². The molecule has 1 aromatic heterocycles. The van der Waals surface area contributed by atoms with Crippen LogP contribution in [-0.2, 0) is 9.59 Å². The second-order valence-electron chi connectivity index (χ2n) is 6.51. The van der Waals surface area contributed by atoms with Gasteiger partial charge in [-0.15, -0.1) is 0 Å². The Morgan fingerprint density at radius 1 is 1.25 bits per heavy atom. The van der Waals surface area contributed by atoms with Crippen LogP contribution in [0.3, 0.4) is 0 Å². The van der Waals surface area contributed by atoms with Crippen LogP contribution >= 0.6 is 0 Å². The topological polar surface area (TPSA) is 84.2 Å². The molecule has 2 aromatic rings. The quantitative estimate of drug-likeness (QED) is 0.827. The van der Waals surface area contributed by atoms with Crippen molar-refractivity contribution in [2.75, 3.05) is 0 Å². The van der Waals surface area contributed by atoms with Gasteiger partial charge < -0.3 is 10.4 Å². The summed E-state index contributed by atoms with van der Waals surface area (Å²) in [6, 6.07) is 9.51. The van der Waals surface area contributed by atoms with E-state index in [2.05, 4.69) is 10.4 Å². The molecule has 1 amide bonds. The summed E-state index contributed by atoms with van der Waals surface area (Å²) in [4.78, 5) is 23.4. The Bertz CT molecular complexity index is 788. The van der Waals surface area contributed by atoms with E-state index in [0.29, 0.717) is 12.8 Å². The van der Waals surface area contributed by atoms with Crippen LogP contribution in [0.2, 0.25) is 0 Å². The number of carbonyl (C=O) groups excluding carboxylic acids is 1. The standard InChI is InChI=1S/C18H21N3O3/c1-11-10-12(2)21(20-11)15-6-4-14(5-7-15)13(3)19-16(22)18(8-9-18)17(23)24/h4-7,10,13H,8-9H2,1-3H3,(H,19,22)(H,23,24)/t13-/m0/s1. The van der Waals surface area contributed by atoms with Crippen LogP contribution in [-0.4, -0.2) is 26.8 Å². The van der Waals surface area contributed by atoms with Gasteiger partial charge in [0.05, 0.1) is 17.4 Å². The highest BCUT2D eigenvalue weighted by molar-refractivity contribution is 6.04. The second kappa shape index (κ2) is 5.78. The summed E-state index contributed by atoms with van der Waals surface area (Å²) in [5.74, 6) is -1.43. The molecular formula is C18H21N3O3. The highest BCUT2D eigenvalue weighted by Crippen LogP contribution is 2.46. The summed E-state index contributed by atoms with van der Waals surface area (Å²) in [7, 11) is 0. The summed E-state index contributed by atoms with van der Waals surface area (Å²) in [5.41, 5.74) is 2.68. The predicted octanol–water partition coefficient (Wildman–Crippen LogP) is 2.53. The molecule has 1 atom stereocenters. The molecule has 0 radical (unpaired) electrons. The molecule has 1 fully saturated rings.